The Morgan fingerprint density at radius 3 is 2.56 bits per heavy atom. The van der Waals surface area contributed by atoms with Gasteiger partial charge in [0.05, 0.1) is 27.6 Å². The number of nitrogens with one attached hydrogen (secondary N) is 1. The number of H-pyrrole nitrogens is 1. The number of aromatic amines is 1. The van der Waals surface area contributed by atoms with Crippen LogP contribution in [0.3, 0.4) is 0 Å². The lowest BCUT2D eigenvalue weighted by Gasteiger charge is -2.11. The third kappa shape index (κ3) is 7.54. The second kappa shape index (κ2) is 11.3. The van der Waals surface area contributed by atoms with Gasteiger partial charge in [-0.05, 0) is 24.6 Å². The van der Waals surface area contributed by atoms with Gasteiger partial charge in [-0.2, -0.15) is 0 Å². The van der Waals surface area contributed by atoms with E-state index < -0.39 is 0 Å². The summed E-state index contributed by atoms with van der Waals surface area (Å²) in [6.07, 6.45) is 4.02. The summed E-state index contributed by atoms with van der Waals surface area (Å²) in [6, 6.07) is 6.96. The molecular weight excluding hydrogens is 434 g/mol. The van der Waals surface area contributed by atoms with Crippen molar-refractivity contribution in [2.45, 2.75) is 20.0 Å². The fraction of sp³-hybridized carbons (Fsp3) is 0.278. The molecule has 2 aromatic rings. The molecule has 1 N–H and O–H groups in total. The number of nitrogens with zero attached hydrogens (tertiary/aromatic N) is 1. The van der Waals surface area contributed by atoms with Crippen LogP contribution in [0.1, 0.15) is 24.7 Å². The van der Waals surface area contributed by atoms with Crippen LogP contribution in [0.15, 0.2) is 40.0 Å². The molecule has 1 aromatic heterocycles. The van der Waals surface area contributed by atoms with Crippen LogP contribution in [0.4, 0.5) is 0 Å². The van der Waals surface area contributed by atoms with Crippen molar-refractivity contribution < 1.29 is 14.3 Å². The van der Waals surface area contributed by atoms with Crippen LogP contribution < -0.4 is 9.47 Å². The molecule has 0 spiro atoms. The number of rotatable bonds is 10. The highest BCUT2D eigenvalue weighted by atomic mass is 35.5. The molecule has 0 bridgehead atoms. The lowest BCUT2D eigenvalue weighted by molar-refractivity contribution is 0.146. The molecule has 0 amide bonds. The fourth-order valence-electron chi connectivity index (χ4n) is 1.97. The summed E-state index contributed by atoms with van der Waals surface area (Å²) < 4.78 is 11.3. The zero-order valence-electron chi connectivity index (χ0n) is 14.5. The van der Waals surface area contributed by atoms with E-state index in [-0.39, 0.29) is 17.7 Å². The van der Waals surface area contributed by atoms with Gasteiger partial charge < -0.3 is 19.3 Å². The molecule has 9 heteroatoms. The van der Waals surface area contributed by atoms with Crippen molar-refractivity contribution in [3.05, 3.63) is 56.3 Å². The lowest BCUT2D eigenvalue weighted by Crippen LogP contribution is -1.99. The Hall–Kier alpha value is -1.53. The van der Waals surface area contributed by atoms with Crippen molar-refractivity contribution in [2.24, 2.45) is 5.16 Å². The number of hydrogen-bond acceptors (Lipinski definition) is 4. The second-order valence-electron chi connectivity index (χ2n) is 5.32. The lowest BCUT2D eigenvalue weighted by atomic mass is 10.3. The molecule has 1 heterocycles. The molecule has 0 aliphatic rings. The number of halogens is 4. The van der Waals surface area contributed by atoms with Crippen LogP contribution in [-0.2, 0) is 11.4 Å². The first-order valence-electron chi connectivity index (χ1n) is 8.08. The molecule has 0 aliphatic heterocycles. The smallest absolute Gasteiger partial charge is 0.157 e. The van der Waals surface area contributed by atoms with Gasteiger partial charge in [-0.3, -0.25) is 0 Å². The Morgan fingerprint density at radius 1 is 1.15 bits per heavy atom. The highest BCUT2D eigenvalue weighted by Crippen LogP contribution is 2.37. The topological polar surface area (TPSA) is 55.8 Å². The summed E-state index contributed by atoms with van der Waals surface area (Å²) >= 11 is 23.5. The van der Waals surface area contributed by atoms with Gasteiger partial charge in [0.1, 0.15) is 30.1 Å². The Labute approximate surface area is 177 Å². The summed E-state index contributed by atoms with van der Waals surface area (Å²) in [7, 11) is 0. The summed E-state index contributed by atoms with van der Waals surface area (Å²) in [5.74, 6) is 0.848. The molecule has 2 rings (SSSR count). The Balaban J connectivity index is 1.94. The Kier molecular flexibility index (Phi) is 9.15. The first-order valence-corrected chi connectivity index (χ1v) is 9.59. The zero-order chi connectivity index (χ0) is 19.6. The van der Waals surface area contributed by atoms with Gasteiger partial charge in [0.25, 0.3) is 0 Å². The zero-order valence-corrected chi connectivity index (χ0v) is 17.5. The monoisotopic (exact) mass is 450 g/mol. The third-order valence-electron chi connectivity index (χ3n) is 3.16. The summed E-state index contributed by atoms with van der Waals surface area (Å²) in [5.41, 5.74) is 1.64. The van der Waals surface area contributed by atoms with Crippen molar-refractivity contribution in [1.82, 2.24) is 4.98 Å². The molecule has 0 atom stereocenters. The largest absolute Gasteiger partial charge is 0.489 e. The summed E-state index contributed by atoms with van der Waals surface area (Å²) in [6.45, 7) is 3.05. The average Bonchev–Trinajstić information content (AvgIpc) is 3.05. The van der Waals surface area contributed by atoms with Crippen molar-refractivity contribution in [3.63, 3.8) is 0 Å². The van der Waals surface area contributed by atoms with E-state index in [1.165, 1.54) is 6.08 Å². The van der Waals surface area contributed by atoms with Gasteiger partial charge in [-0.15, -0.1) is 0 Å². The molecule has 0 radical (unpaired) electrons. The summed E-state index contributed by atoms with van der Waals surface area (Å²) in [4.78, 5) is 8.21. The predicted octanol–water partition coefficient (Wildman–Crippen LogP) is 6.36. The molecule has 1 aromatic carbocycles. The number of aromatic nitrogens is 1. The Morgan fingerprint density at radius 2 is 1.89 bits per heavy atom. The van der Waals surface area contributed by atoms with E-state index in [4.69, 9.17) is 60.7 Å². The fourth-order valence-corrected chi connectivity index (χ4v) is 2.67. The van der Waals surface area contributed by atoms with E-state index in [1.54, 1.807) is 18.3 Å². The first kappa shape index (κ1) is 21.8. The van der Waals surface area contributed by atoms with E-state index in [9.17, 15) is 0 Å². The molecule has 27 heavy (non-hydrogen) atoms. The molecule has 146 valence electrons. The van der Waals surface area contributed by atoms with Crippen LogP contribution >= 0.6 is 46.4 Å². The molecular formula is C18H18Cl4N2O3. The third-order valence-corrected chi connectivity index (χ3v) is 4.03. The van der Waals surface area contributed by atoms with Crippen molar-refractivity contribution in [2.75, 3.05) is 13.2 Å². The summed E-state index contributed by atoms with van der Waals surface area (Å²) in [5, 5.41) is 4.53. The van der Waals surface area contributed by atoms with E-state index >= 15 is 0 Å². The predicted molar refractivity (Wildman–Crippen MR) is 111 cm³/mol. The molecule has 0 saturated heterocycles. The van der Waals surface area contributed by atoms with Gasteiger partial charge in [-0.1, -0.05) is 58.5 Å². The van der Waals surface area contributed by atoms with Crippen LogP contribution in [0.5, 0.6) is 11.5 Å². The highest BCUT2D eigenvalue weighted by Gasteiger charge is 2.11. The van der Waals surface area contributed by atoms with E-state index in [0.717, 1.165) is 17.8 Å². The number of ether oxygens (including phenoxy) is 2. The normalized spacial score (nSPS) is 10.9. The van der Waals surface area contributed by atoms with Crippen LogP contribution in [0, 0.1) is 0 Å². The number of oxime groups is 1. The van der Waals surface area contributed by atoms with Gasteiger partial charge in [0.2, 0.25) is 0 Å². The van der Waals surface area contributed by atoms with Gasteiger partial charge in [0.15, 0.2) is 5.75 Å². The van der Waals surface area contributed by atoms with Crippen LogP contribution in [0.25, 0.3) is 0 Å². The van der Waals surface area contributed by atoms with Crippen LogP contribution in [0.2, 0.25) is 10.0 Å². The van der Waals surface area contributed by atoms with Crippen molar-refractivity contribution >= 4 is 52.6 Å². The van der Waals surface area contributed by atoms with Crippen LogP contribution in [-0.4, -0.2) is 24.4 Å². The molecule has 5 nitrogen and oxygen atoms in total. The SMILES string of the molecule is CCCON=Cc1ccc(COc2c(Cl)cc(OCC=C(Cl)Cl)cc2Cl)[nH]1. The van der Waals surface area contributed by atoms with Gasteiger partial charge >= 0.3 is 0 Å². The van der Waals surface area contributed by atoms with E-state index in [2.05, 4.69) is 10.1 Å². The van der Waals surface area contributed by atoms with Crippen molar-refractivity contribution in [1.29, 1.82) is 0 Å². The quantitative estimate of drug-likeness (QED) is 0.259. The standard InChI is InChI=1S/C18H18Cl4N2O3/c1-2-6-27-23-10-12-3-4-13(24-12)11-26-18-15(19)8-14(9-16(18)20)25-7-5-17(21)22/h3-5,8-10,24H,2,6-7,11H2,1H3. The molecule has 0 aliphatic carbocycles. The molecule has 0 unspecified atom stereocenters. The van der Waals surface area contributed by atoms with Crippen molar-refractivity contribution in [3.8, 4) is 11.5 Å². The number of hydrogen-bond donors (Lipinski definition) is 1. The number of benzene rings is 1. The van der Waals surface area contributed by atoms with E-state index in [1.807, 2.05) is 19.1 Å². The minimum absolute atomic E-state index is 0.124. The average molecular weight is 452 g/mol. The Bertz CT molecular complexity index is 779. The minimum atomic E-state index is 0.124. The minimum Gasteiger partial charge on any atom is -0.489 e. The maximum Gasteiger partial charge on any atom is 0.157 e. The van der Waals surface area contributed by atoms with E-state index in [0.29, 0.717) is 28.2 Å². The highest BCUT2D eigenvalue weighted by molar-refractivity contribution is 6.55. The maximum absolute atomic E-state index is 6.24. The second-order valence-corrected chi connectivity index (χ2v) is 7.14. The van der Waals surface area contributed by atoms with Gasteiger partial charge in [0, 0.05) is 12.1 Å². The molecule has 0 fully saturated rings. The van der Waals surface area contributed by atoms with Gasteiger partial charge in [-0.25, -0.2) is 0 Å². The maximum atomic E-state index is 6.24. The first-order chi connectivity index (χ1) is 13.0. The molecule has 0 saturated carbocycles.